The van der Waals surface area contributed by atoms with Gasteiger partial charge in [-0.2, -0.15) is 0 Å². The van der Waals surface area contributed by atoms with Gasteiger partial charge in [0.2, 0.25) is 0 Å². The van der Waals surface area contributed by atoms with Crippen molar-refractivity contribution in [3.63, 3.8) is 0 Å². The Morgan fingerprint density at radius 1 is 1.38 bits per heavy atom. The van der Waals surface area contributed by atoms with Gasteiger partial charge >= 0.3 is 0 Å². The molecule has 1 fully saturated rings. The Labute approximate surface area is 165 Å². The van der Waals surface area contributed by atoms with Crippen LogP contribution < -0.4 is 5.43 Å². The summed E-state index contributed by atoms with van der Waals surface area (Å²) in [6.45, 7) is 10.5. The molecule has 144 valence electrons. The average molecular weight is 397 g/mol. The Kier molecular flexibility index (Phi) is 6.07. The molecule has 2 aromatic rings. The second-order valence-corrected chi connectivity index (χ2v) is 10.0. The molecule has 1 aromatic carbocycles. The lowest BCUT2D eigenvalue weighted by atomic mass is 9.98. The van der Waals surface area contributed by atoms with Crippen LogP contribution in [-0.2, 0) is 4.74 Å². The van der Waals surface area contributed by atoms with E-state index in [0.29, 0.717) is 5.92 Å². The highest BCUT2D eigenvalue weighted by Gasteiger charge is 2.27. The third kappa shape index (κ3) is 4.30. The molecule has 1 aliphatic rings. The molecule has 3 rings (SSSR count). The zero-order valence-electron chi connectivity index (χ0n) is 16.3. The van der Waals surface area contributed by atoms with E-state index < -0.39 is 0 Å². The number of methoxy groups -OCH3 is 1. The largest absolute Gasteiger partial charge is 0.383 e. The first kappa shape index (κ1) is 19.8. The van der Waals surface area contributed by atoms with E-state index in [-0.39, 0.29) is 4.75 Å². The molecule has 0 aliphatic carbocycles. The second-order valence-electron chi connectivity index (χ2n) is 7.81. The second kappa shape index (κ2) is 7.97. The predicted octanol–water partition coefficient (Wildman–Crippen LogP) is 4.19. The summed E-state index contributed by atoms with van der Waals surface area (Å²) >= 11 is 8.41. The summed E-state index contributed by atoms with van der Waals surface area (Å²) in [5, 5.41) is 1.79. The molecule has 0 bridgehead atoms. The summed E-state index contributed by atoms with van der Waals surface area (Å²) in [6, 6.07) is 4.24. The Bertz CT molecular complexity index is 771. The minimum Gasteiger partial charge on any atom is -0.383 e. The van der Waals surface area contributed by atoms with Crippen LogP contribution in [0.4, 0.5) is 0 Å². The summed E-state index contributed by atoms with van der Waals surface area (Å²) in [6.07, 6.45) is 1.13. The Balaban J connectivity index is 1.92. The van der Waals surface area contributed by atoms with Gasteiger partial charge in [-0.1, -0.05) is 44.1 Å². The predicted molar refractivity (Wildman–Crippen MR) is 111 cm³/mol. The van der Waals surface area contributed by atoms with E-state index in [0.717, 1.165) is 53.9 Å². The molecule has 0 spiro atoms. The van der Waals surface area contributed by atoms with Crippen molar-refractivity contribution in [1.82, 2.24) is 14.6 Å². The molecule has 1 atom stereocenters. The van der Waals surface area contributed by atoms with Crippen LogP contribution in [0.5, 0.6) is 0 Å². The maximum atomic E-state index is 6.65. The van der Waals surface area contributed by atoms with Gasteiger partial charge in [0.15, 0.2) is 5.16 Å². The van der Waals surface area contributed by atoms with Crippen molar-refractivity contribution in [2.75, 3.05) is 45.8 Å². The number of nitrogens with one attached hydrogen (secondary N) is 1. The normalized spacial score (nSPS) is 18.8. The molecular formula is C19H29ClN4OS. The van der Waals surface area contributed by atoms with Gasteiger partial charge in [0, 0.05) is 37.0 Å². The number of likely N-dealkylation sites (tertiary alicyclic amines) is 1. The number of rotatable bonds is 6. The molecule has 1 saturated heterocycles. The van der Waals surface area contributed by atoms with Crippen LogP contribution in [0.3, 0.4) is 0 Å². The van der Waals surface area contributed by atoms with Crippen LogP contribution in [0.1, 0.15) is 38.7 Å². The standard InChI is InChI=1S/C19H29ClN4OS/c1-19(2,3)26-18-22-16-11-15(20)14(10-17(16)24(18)21-4)13-6-7-23(12-13)8-9-25-5/h10-11,13,21H,6-9,12H2,1-5H3. The topological polar surface area (TPSA) is 42.3 Å². The Morgan fingerprint density at radius 3 is 2.81 bits per heavy atom. The minimum absolute atomic E-state index is 0.0932. The fourth-order valence-corrected chi connectivity index (χ4v) is 4.76. The highest BCUT2D eigenvalue weighted by molar-refractivity contribution is 8.00. The molecule has 1 aliphatic heterocycles. The third-order valence-corrected chi connectivity index (χ3v) is 6.08. The monoisotopic (exact) mass is 396 g/mol. The van der Waals surface area contributed by atoms with E-state index in [4.69, 9.17) is 21.3 Å². The first-order valence-electron chi connectivity index (χ1n) is 9.12. The fourth-order valence-electron chi connectivity index (χ4n) is 3.47. The van der Waals surface area contributed by atoms with Gasteiger partial charge in [-0.15, -0.1) is 0 Å². The van der Waals surface area contributed by atoms with Crippen LogP contribution in [0, 0.1) is 0 Å². The number of aromatic nitrogens is 2. The summed E-state index contributed by atoms with van der Waals surface area (Å²) in [5.41, 5.74) is 6.53. The smallest absolute Gasteiger partial charge is 0.188 e. The van der Waals surface area contributed by atoms with E-state index >= 15 is 0 Å². The number of fused-ring (bicyclic) bond motifs is 1. The first-order valence-corrected chi connectivity index (χ1v) is 10.3. The van der Waals surface area contributed by atoms with Gasteiger partial charge in [0.25, 0.3) is 0 Å². The number of hydrogen-bond donors (Lipinski definition) is 1. The van der Waals surface area contributed by atoms with Crippen molar-refractivity contribution in [3.8, 4) is 0 Å². The minimum atomic E-state index is 0.0932. The molecular weight excluding hydrogens is 368 g/mol. The van der Waals surface area contributed by atoms with Gasteiger partial charge in [-0.25, -0.2) is 9.66 Å². The first-order chi connectivity index (χ1) is 12.3. The molecule has 5 nitrogen and oxygen atoms in total. The van der Waals surface area contributed by atoms with E-state index in [9.17, 15) is 0 Å². The summed E-state index contributed by atoms with van der Waals surface area (Å²) in [5.74, 6) is 0.461. The molecule has 1 unspecified atom stereocenters. The average Bonchev–Trinajstić information content (AvgIpc) is 3.14. The summed E-state index contributed by atoms with van der Waals surface area (Å²) < 4.78 is 7.37. The van der Waals surface area contributed by atoms with Crippen LogP contribution in [0.15, 0.2) is 17.3 Å². The maximum absolute atomic E-state index is 6.65. The number of nitrogens with zero attached hydrogens (tertiary/aromatic N) is 3. The lowest BCUT2D eigenvalue weighted by Crippen LogP contribution is -2.24. The van der Waals surface area contributed by atoms with E-state index in [2.05, 4.69) is 41.8 Å². The number of thioether (sulfide) groups is 1. The number of ether oxygens (including phenoxy) is 1. The van der Waals surface area contributed by atoms with E-state index in [1.807, 2.05) is 13.1 Å². The molecule has 26 heavy (non-hydrogen) atoms. The van der Waals surface area contributed by atoms with Crippen LogP contribution in [-0.4, -0.2) is 59.7 Å². The third-order valence-electron chi connectivity index (χ3n) is 4.69. The summed E-state index contributed by atoms with van der Waals surface area (Å²) in [4.78, 5) is 7.25. The van der Waals surface area contributed by atoms with Crippen LogP contribution in [0.2, 0.25) is 5.02 Å². The van der Waals surface area contributed by atoms with Crippen molar-refractivity contribution < 1.29 is 4.74 Å². The zero-order chi connectivity index (χ0) is 18.9. The number of hydrogen-bond acceptors (Lipinski definition) is 5. The van der Waals surface area contributed by atoms with Gasteiger partial charge in [0.05, 0.1) is 17.6 Å². The Morgan fingerprint density at radius 2 is 2.15 bits per heavy atom. The maximum Gasteiger partial charge on any atom is 0.188 e. The van der Waals surface area contributed by atoms with Crippen molar-refractivity contribution >= 4 is 34.4 Å². The van der Waals surface area contributed by atoms with Gasteiger partial charge in [-0.05, 0) is 36.6 Å². The number of halogens is 1. The molecule has 0 saturated carbocycles. The number of imidazole rings is 1. The van der Waals surface area contributed by atoms with Crippen molar-refractivity contribution in [2.24, 2.45) is 0 Å². The lowest BCUT2D eigenvalue weighted by Gasteiger charge is -2.18. The van der Waals surface area contributed by atoms with Crippen molar-refractivity contribution in [3.05, 3.63) is 22.7 Å². The van der Waals surface area contributed by atoms with Crippen LogP contribution >= 0.6 is 23.4 Å². The van der Waals surface area contributed by atoms with Crippen molar-refractivity contribution in [1.29, 1.82) is 0 Å². The highest BCUT2D eigenvalue weighted by atomic mass is 35.5. The molecule has 2 heterocycles. The number of benzene rings is 1. The quantitative estimate of drug-likeness (QED) is 0.741. The molecule has 1 N–H and O–H groups in total. The Hall–Kier alpha value is -0.950. The SMILES string of the molecule is CNn1c(SC(C)(C)C)nc2cc(Cl)c(C3CCN(CCOC)C3)cc21. The van der Waals surface area contributed by atoms with Crippen molar-refractivity contribution in [2.45, 2.75) is 43.0 Å². The molecule has 0 amide bonds. The molecule has 0 radical (unpaired) electrons. The lowest BCUT2D eigenvalue weighted by molar-refractivity contribution is 0.160. The molecule has 7 heteroatoms. The van der Waals surface area contributed by atoms with Gasteiger partial charge in [0.1, 0.15) is 0 Å². The summed E-state index contributed by atoms with van der Waals surface area (Å²) in [7, 11) is 3.69. The zero-order valence-corrected chi connectivity index (χ0v) is 17.9. The van der Waals surface area contributed by atoms with Gasteiger partial charge in [-0.3, -0.25) is 0 Å². The van der Waals surface area contributed by atoms with E-state index in [1.165, 1.54) is 5.56 Å². The van der Waals surface area contributed by atoms with Crippen LogP contribution in [0.25, 0.3) is 11.0 Å². The fraction of sp³-hybridized carbons (Fsp3) is 0.632. The van der Waals surface area contributed by atoms with E-state index in [1.54, 1.807) is 18.9 Å². The molecule has 1 aromatic heterocycles. The van der Waals surface area contributed by atoms with Gasteiger partial charge < -0.3 is 15.1 Å². The highest BCUT2D eigenvalue weighted by Crippen LogP contribution is 2.37.